The maximum atomic E-state index is 11.9. The average molecular weight is 318 g/mol. The smallest absolute Gasteiger partial charge is 0.309 e. The first-order valence-corrected chi connectivity index (χ1v) is 8.69. The van der Waals surface area contributed by atoms with E-state index in [0.29, 0.717) is 19.0 Å². The van der Waals surface area contributed by atoms with Crippen molar-refractivity contribution in [3.63, 3.8) is 0 Å². The molecular weight excluding hydrogens is 288 g/mol. The Morgan fingerprint density at radius 3 is 2.17 bits per heavy atom. The van der Waals surface area contributed by atoms with Crippen molar-refractivity contribution in [1.29, 1.82) is 0 Å². The molecule has 0 spiro atoms. The summed E-state index contributed by atoms with van der Waals surface area (Å²) in [5, 5.41) is 5.47. The minimum Gasteiger partial charge on any atom is -0.348 e. The predicted octanol–water partition coefficient (Wildman–Crippen LogP) is 3.24. The van der Waals surface area contributed by atoms with E-state index in [1.807, 2.05) is 37.3 Å². The van der Waals surface area contributed by atoms with Gasteiger partial charge in [-0.3, -0.25) is 9.59 Å². The molecule has 0 radical (unpaired) electrons. The van der Waals surface area contributed by atoms with Crippen LogP contribution in [0.3, 0.4) is 0 Å². The second-order valence-corrected chi connectivity index (χ2v) is 6.15. The van der Waals surface area contributed by atoms with Crippen molar-refractivity contribution >= 4 is 11.8 Å². The molecule has 0 heterocycles. The highest BCUT2D eigenvalue weighted by molar-refractivity contribution is 6.35. The lowest BCUT2D eigenvalue weighted by molar-refractivity contribution is -0.139. The zero-order valence-electron chi connectivity index (χ0n) is 14.6. The number of unbranched alkanes of at least 4 members (excludes halogenated alkanes) is 1. The van der Waals surface area contributed by atoms with E-state index in [1.165, 1.54) is 0 Å². The molecular formula is C19H30N2O2. The van der Waals surface area contributed by atoms with Crippen LogP contribution in [0.1, 0.15) is 57.9 Å². The zero-order valence-corrected chi connectivity index (χ0v) is 14.6. The lowest BCUT2D eigenvalue weighted by Gasteiger charge is -2.16. The molecule has 0 fully saturated rings. The van der Waals surface area contributed by atoms with Crippen molar-refractivity contribution in [3.8, 4) is 0 Å². The summed E-state index contributed by atoms with van der Waals surface area (Å²) in [6.07, 6.45) is 4.43. The van der Waals surface area contributed by atoms with Gasteiger partial charge in [-0.25, -0.2) is 0 Å². The molecule has 0 aliphatic carbocycles. The van der Waals surface area contributed by atoms with Gasteiger partial charge in [-0.2, -0.15) is 0 Å². The third-order valence-corrected chi connectivity index (χ3v) is 4.24. The molecule has 0 aliphatic rings. The van der Waals surface area contributed by atoms with Gasteiger partial charge in [0.05, 0.1) is 0 Å². The molecule has 1 aromatic carbocycles. The summed E-state index contributed by atoms with van der Waals surface area (Å²) in [4.78, 5) is 23.7. The molecule has 2 amide bonds. The van der Waals surface area contributed by atoms with Crippen LogP contribution in [0.15, 0.2) is 30.3 Å². The minimum atomic E-state index is -0.543. The summed E-state index contributed by atoms with van der Waals surface area (Å²) in [7, 11) is 0. The molecule has 0 unspecified atom stereocenters. The van der Waals surface area contributed by atoms with Crippen LogP contribution in [0, 0.1) is 5.92 Å². The van der Waals surface area contributed by atoms with Gasteiger partial charge in [0.15, 0.2) is 0 Å². The Hall–Kier alpha value is -1.84. The van der Waals surface area contributed by atoms with E-state index in [-0.39, 0.29) is 5.92 Å². The van der Waals surface area contributed by atoms with Crippen LogP contribution >= 0.6 is 0 Å². The van der Waals surface area contributed by atoms with Crippen LogP contribution in [-0.2, 0) is 9.59 Å². The second-order valence-electron chi connectivity index (χ2n) is 6.15. The van der Waals surface area contributed by atoms with Gasteiger partial charge in [-0.1, -0.05) is 70.4 Å². The van der Waals surface area contributed by atoms with Gasteiger partial charge in [0.1, 0.15) is 0 Å². The van der Waals surface area contributed by atoms with Gasteiger partial charge >= 0.3 is 11.8 Å². The predicted molar refractivity (Wildman–Crippen MR) is 94.2 cm³/mol. The molecule has 4 nitrogen and oxygen atoms in total. The zero-order chi connectivity index (χ0) is 17.1. The Labute approximate surface area is 140 Å². The Kier molecular flexibility index (Phi) is 9.03. The number of hydrogen-bond donors (Lipinski definition) is 2. The lowest BCUT2D eigenvalue weighted by Crippen LogP contribution is -2.42. The van der Waals surface area contributed by atoms with Gasteiger partial charge in [0, 0.05) is 13.1 Å². The molecule has 0 aliphatic heterocycles. The van der Waals surface area contributed by atoms with E-state index >= 15 is 0 Å². The van der Waals surface area contributed by atoms with Crippen LogP contribution in [0.25, 0.3) is 0 Å². The fourth-order valence-electron chi connectivity index (χ4n) is 2.49. The molecule has 0 aromatic heterocycles. The monoisotopic (exact) mass is 318 g/mol. The number of nitrogens with one attached hydrogen (secondary N) is 2. The lowest BCUT2D eigenvalue weighted by atomic mass is 9.99. The number of rotatable bonds is 9. The molecule has 23 heavy (non-hydrogen) atoms. The highest BCUT2D eigenvalue weighted by atomic mass is 16.2. The number of hydrogen-bond acceptors (Lipinski definition) is 2. The Balaban J connectivity index is 2.32. The van der Waals surface area contributed by atoms with E-state index in [1.54, 1.807) is 0 Å². The maximum Gasteiger partial charge on any atom is 0.309 e. The first-order valence-electron chi connectivity index (χ1n) is 8.69. The summed E-state index contributed by atoms with van der Waals surface area (Å²) in [5.41, 5.74) is 1.15. The fourth-order valence-corrected chi connectivity index (χ4v) is 2.49. The molecule has 128 valence electrons. The summed E-state index contributed by atoms with van der Waals surface area (Å²) in [5.74, 6) is -0.436. The average Bonchev–Trinajstić information content (AvgIpc) is 2.60. The van der Waals surface area contributed by atoms with Crippen molar-refractivity contribution in [3.05, 3.63) is 35.9 Å². The first kappa shape index (κ1) is 19.2. The molecule has 0 saturated carbocycles. The van der Waals surface area contributed by atoms with E-state index in [4.69, 9.17) is 0 Å². The van der Waals surface area contributed by atoms with Gasteiger partial charge in [0.2, 0.25) is 0 Å². The van der Waals surface area contributed by atoms with Gasteiger partial charge < -0.3 is 10.6 Å². The van der Waals surface area contributed by atoms with Crippen LogP contribution in [0.5, 0.6) is 0 Å². The van der Waals surface area contributed by atoms with Gasteiger partial charge in [-0.05, 0) is 23.8 Å². The quantitative estimate of drug-likeness (QED) is 0.687. The Bertz CT molecular complexity index is 474. The molecule has 1 rings (SSSR count). The Morgan fingerprint density at radius 2 is 1.61 bits per heavy atom. The molecule has 4 heteroatoms. The van der Waals surface area contributed by atoms with Crippen LogP contribution < -0.4 is 10.6 Å². The van der Waals surface area contributed by atoms with E-state index in [2.05, 4.69) is 24.5 Å². The summed E-state index contributed by atoms with van der Waals surface area (Å²) >= 11 is 0. The van der Waals surface area contributed by atoms with E-state index in [9.17, 15) is 9.59 Å². The summed E-state index contributed by atoms with van der Waals surface area (Å²) in [6, 6.07) is 9.96. The van der Waals surface area contributed by atoms with Gasteiger partial charge in [0.25, 0.3) is 0 Å². The Morgan fingerprint density at radius 1 is 1.00 bits per heavy atom. The van der Waals surface area contributed by atoms with Crippen molar-refractivity contribution in [2.75, 3.05) is 13.1 Å². The van der Waals surface area contributed by atoms with E-state index in [0.717, 1.165) is 31.2 Å². The summed E-state index contributed by atoms with van der Waals surface area (Å²) in [6.45, 7) is 7.35. The second kappa shape index (κ2) is 10.8. The third-order valence-electron chi connectivity index (χ3n) is 4.24. The molecule has 0 bridgehead atoms. The third kappa shape index (κ3) is 7.31. The largest absolute Gasteiger partial charge is 0.348 e. The van der Waals surface area contributed by atoms with Crippen molar-refractivity contribution in [1.82, 2.24) is 10.6 Å². The van der Waals surface area contributed by atoms with Crippen molar-refractivity contribution in [2.45, 2.75) is 52.4 Å². The number of amides is 2. The highest BCUT2D eigenvalue weighted by Gasteiger charge is 2.16. The molecule has 1 aromatic rings. The molecule has 2 atom stereocenters. The number of benzene rings is 1. The topological polar surface area (TPSA) is 58.2 Å². The minimum absolute atomic E-state index is 0.181. The molecule has 2 N–H and O–H groups in total. The van der Waals surface area contributed by atoms with E-state index < -0.39 is 11.8 Å². The standard InChI is InChI=1S/C19H30N2O2/c1-4-6-10-16(5-2)14-21-19(23)18(22)20-13-15(3)17-11-8-7-9-12-17/h7-9,11-12,15-16H,4-6,10,13-14H2,1-3H3,(H,20,22)(H,21,23)/t15-,16+/m1/s1. The van der Waals surface area contributed by atoms with Crippen molar-refractivity contribution < 1.29 is 9.59 Å². The summed E-state index contributed by atoms with van der Waals surface area (Å²) < 4.78 is 0. The molecule has 0 saturated heterocycles. The fraction of sp³-hybridized carbons (Fsp3) is 0.579. The number of carbonyl (C=O) groups is 2. The normalized spacial score (nSPS) is 13.2. The number of carbonyl (C=O) groups excluding carboxylic acids is 2. The van der Waals surface area contributed by atoms with Crippen LogP contribution in [0.4, 0.5) is 0 Å². The SMILES string of the molecule is CCCC[C@H](CC)CNC(=O)C(=O)NC[C@@H](C)c1ccccc1. The first-order chi connectivity index (χ1) is 11.1. The maximum absolute atomic E-state index is 11.9. The van der Waals surface area contributed by atoms with Crippen molar-refractivity contribution in [2.24, 2.45) is 5.92 Å². The van der Waals surface area contributed by atoms with Crippen LogP contribution in [-0.4, -0.2) is 24.9 Å². The van der Waals surface area contributed by atoms with Crippen LogP contribution in [0.2, 0.25) is 0 Å². The van der Waals surface area contributed by atoms with Gasteiger partial charge in [-0.15, -0.1) is 0 Å². The highest BCUT2D eigenvalue weighted by Crippen LogP contribution is 2.13.